The number of hydrogen-bond donors (Lipinski definition) is 6. The largest absolute Gasteiger partial charge is 0.508 e. The first-order valence-corrected chi connectivity index (χ1v) is 11.5. The second-order valence-electron chi connectivity index (χ2n) is 9.01. The number of hydrogen-bond acceptors (Lipinski definition) is 11. The number of phenolic OH excluding ortho intramolecular Hbond substituents is 1. The molecule has 37 heavy (non-hydrogen) atoms. The van der Waals surface area contributed by atoms with Crippen LogP contribution in [0.15, 0.2) is 54.3 Å². The fraction of sp³-hybridized carbons (Fsp3) is 0.440. The zero-order valence-electron chi connectivity index (χ0n) is 19.5. The molecule has 0 radical (unpaired) electrons. The molecule has 0 bridgehead atoms. The second-order valence-corrected chi connectivity index (χ2v) is 9.01. The molecule has 4 rings (SSSR count). The molecular weight excluding hydrogens is 492 g/mol. The third-order valence-corrected chi connectivity index (χ3v) is 6.69. The Morgan fingerprint density at radius 1 is 1.08 bits per heavy atom. The number of rotatable bonds is 7. The van der Waals surface area contributed by atoms with Crippen LogP contribution >= 0.6 is 0 Å². The number of carbonyl (C=O) groups excluding carboxylic acids is 1. The number of aliphatic hydroxyl groups excluding tert-OH is 4. The number of carboxylic acid groups (broad SMARTS) is 1. The number of carbonyl (C=O) groups is 2. The summed E-state index contributed by atoms with van der Waals surface area (Å²) in [5, 5.41) is 58.7. The molecule has 200 valence electrons. The van der Waals surface area contributed by atoms with Crippen LogP contribution in [-0.2, 0) is 28.5 Å². The van der Waals surface area contributed by atoms with E-state index in [2.05, 4.69) is 6.58 Å². The molecule has 12 heteroatoms. The average molecular weight is 520 g/mol. The van der Waals surface area contributed by atoms with Gasteiger partial charge in [-0.15, -0.1) is 0 Å². The summed E-state index contributed by atoms with van der Waals surface area (Å²) < 4.78 is 22.1. The lowest BCUT2D eigenvalue weighted by Gasteiger charge is -2.42. The Morgan fingerprint density at radius 2 is 1.78 bits per heavy atom. The van der Waals surface area contributed by atoms with Crippen LogP contribution in [0.1, 0.15) is 12.0 Å². The first-order valence-electron chi connectivity index (χ1n) is 11.5. The fourth-order valence-electron chi connectivity index (χ4n) is 4.69. The van der Waals surface area contributed by atoms with Gasteiger partial charge in [0, 0.05) is 12.0 Å². The Balaban J connectivity index is 1.49. The smallest absolute Gasteiger partial charge is 0.334 e. The minimum Gasteiger partial charge on any atom is -0.508 e. The Hall–Kier alpha value is -3.26. The molecule has 9 unspecified atom stereocenters. The third kappa shape index (κ3) is 5.54. The maximum Gasteiger partial charge on any atom is 0.334 e. The number of aliphatic hydroxyl groups is 4. The van der Waals surface area contributed by atoms with Crippen molar-refractivity contribution in [1.82, 2.24) is 0 Å². The van der Waals surface area contributed by atoms with Gasteiger partial charge in [0.05, 0.1) is 24.4 Å². The molecule has 1 aromatic carbocycles. The summed E-state index contributed by atoms with van der Waals surface area (Å²) in [5.41, 5.74) is 0.877. The van der Waals surface area contributed by atoms with Crippen molar-refractivity contribution in [3.63, 3.8) is 0 Å². The number of fused-ring (bicyclic) bond motifs is 1. The van der Waals surface area contributed by atoms with Crippen molar-refractivity contribution in [2.24, 2.45) is 11.8 Å². The van der Waals surface area contributed by atoms with Crippen LogP contribution in [-0.4, -0.2) is 92.3 Å². The van der Waals surface area contributed by atoms with Gasteiger partial charge in [-0.05, 0) is 35.8 Å². The van der Waals surface area contributed by atoms with E-state index in [-0.39, 0.29) is 17.7 Å². The normalized spacial score (nSPS) is 35.5. The number of carboxylic acids is 1. The summed E-state index contributed by atoms with van der Waals surface area (Å²) >= 11 is 0. The van der Waals surface area contributed by atoms with Crippen molar-refractivity contribution in [2.45, 2.75) is 49.5 Å². The van der Waals surface area contributed by atoms with Crippen molar-refractivity contribution in [1.29, 1.82) is 0 Å². The van der Waals surface area contributed by atoms with E-state index in [9.17, 15) is 40.2 Å². The van der Waals surface area contributed by atoms with E-state index in [0.29, 0.717) is 11.1 Å². The van der Waals surface area contributed by atoms with Crippen molar-refractivity contribution in [3.05, 3.63) is 59.9 Å². The minimum atomic E-state index is -1.70. The molecule has 1 saturated heterocycles. The predicted octanol–water partition coefficient (Wildman–Crippen LogP) is -0.349. The number of aromatic hydroxyl groups is 1. The monoisotopic (exact) mass is 520 g/mol. The summed E-state index contributed by atoms with van der Waals surface area (Å²) in [4.78, 5) is 24.3. The molecule has 9 atom stereocenters. The van der Waals surface area contributed by atoms with Gasteiger partial charge >= 0.3 is 11.9 Å². The summed E-state index contributed by atoms with van der Waals surface area (Å²) in [6.07, 6.45) is -6.05. The van der Waals surface area contributed by atoms with Crippen molar-refractivity contribution >= 4 is 18.0 Å². The molecular formula is C25H28O12. The number of aliphatic carboxylic acids is 1. The van der Waals surface area contributed by atoms with Gasteiger partial charge in [0.15, 0.2) is 6.29 Å². The molecule has 2 heterocycles. The molecule has 2 aliphatic heterocycles. The highest BCUT2D eigenvalue weighted by Gasteiger charge is 2.53. The quantitative estimate of drug-likeness (QED) is 0.156. The Morgan fingerprint density at radius 3 is 2.43 bits per heavy atom. The Labute approximate surface area is 211 Å². The predicted molar refractivity (Wildman–Crippen MR) is 123 cm³/mol. The highest BCUT2D eigenvalue weighted by molar-refractivity contribution is 5.88. The maximum atomic E-state index is 12.5. The lowest BCUT2D eigenvalue weighted by Crippen LogP contribution is -2.60. The van der Waals surface area contributed by atoms with Crippen LogP contribution in [0.5, 0.6) is 5.75 Å². The Bertz CT molecular complexity index is 1080. The molecule has 1 aliphatic carbocycles. The van der Waals surface area contributed by atoms with Gasteiger partial charge in [-0.2, -0.15) is 0 Å². The highest BCUT2D eigenvalue weighted by Crippen LogP contribution is 2.47. The van der Waals surface area contributed by atoms with Gasteiger partial charge in [0.2, 0.25) is 6.29 Å². The van der Waals surface area contributed by atoms with E-state index < -0.39 is 73.5 Å². The van der Waals surface area contributed by atoms with Crippen LogP contribution in [0.25, 0.3) is 6.08 Å². The van der Waals surface area contributed by atoms with Gasteiger partial charge in [-0.1, -0.05) is 18.7 Å². The van der Waals surface area contributed by atoms with E-state index in [1.807, 2.05) is 0 Å². The fourth-order valence-corrected chi connectivity index (χ4v) is 4.69. The van der Waals surface area contributed by atoms with Crippen molar-refractivity contribution in [2.75, 3.05) is 6.61 Å². The highest BCUT2D eigenvalue weighted by atomic mass is 16.8. The van der Waals surface area contributed by atoms with E-state index >= 15 is 0 Å². The number of benzene rings is 1. The first kappa shape index (κ1) is 26.8. The van der Waals surface area contributed by atoms with Gasteiger partial charge in [-0.25, -0.2) is 9.59 Å². The average Bonchev–Trinajstić information content (AvgIpc) is 3.19. The van der Waals surface area contributed by atoms with E-state index in [1.54, 1.807) is 12.1 Å². The van der Waals surface area contributed by atoms with Crippen LogP contribution in [0, 0.1) is 11.8 Å². The molecule has 0 amide bonds. The molecule has 2 fully saturated rings. The number of phenols is 1. The van der Waals surface area contributed by atoms with Crippen LogP contribution in [0.2, 0.25) is 0 Å². The SMILES string of the molecule is C=C1C(OC(=O)C=Cc2ccc(O)cc2)CC2C(C(=O)O)=COC(OC3OC(CO)C(O)C(O)C3O)C12. The summed E-state index contributed by atoms with van der Waals surface area (Å²) in [6, 6.07) is 6.13. The molecule has 3 aliphatic rings. The standard InChI is InChI=1S/C25H28O12/c1-11-16(35-18(28)7-4-12-2-5-13(27)6-3-12)8-14-15(23(32)33)10-34-24(19(11)14)37-25-22(31)21(30)20(29)17(9-26)36-25/h2-7,10,14,16-17,19-22,24-27,29-31H,1,8-9H2,(H,32,33). The lowest BCUT2D eigenvalue weighted by atomic mass is 9.85. The summed E-state index contributed by atoms with van der Waals surface area (Å²) in [6.45, 7) is 3.31. The van der Waals surface area contributed by atoms with Gasteiger partial charge < -0.3 is 49.6 Å². The molecule has 6 N–H and O–H groups in total. The first-order chi connectivity index (χ1) is 17.6. The van der Waals surface area contributed by atoms with Crippen LogP contribution in [0.3, 0.4) is 0 Å². The summed E-state index contributed by atoms with van der Waals surface area (Å²) in [5.74, 6) is -3.40. The van der Waals surface area contributed by atoms with Crippen molar-refractivity contribution in [3.8, 4) is 5.75 Å². The minimum absolute atomic E-state index is 0.0783. The van der Waals surface area contributed by atoms with Gasteiger partial charge in [0.25, 0.3) is 0 Å². The Kier molecular flexibility index (Phi) is 7.97. The lowest BCUT2D eigenvalue weighted by molar-refractivity contribution is -0.339. The van der Waals surface area contributed by atoms with Crippen molar-refractivity contribution < 1.29 is 59.2 Å². The van der Waals surface area contributed by atoms with E-state index in [1.165, 1.54) is 24.3 Å². The van der Waals surface area contributed by atoms with Crippen LogP contribution in [0.4, 0.5) is 0 Å². The molecule has 12 nitrogen and oxygen atoms in total. The number of esters is 1. The molecule has 1 saturated carbocycles. The molecule has 0 spiro atoms. The maximum absolute atomic E-state index is 12.5. The zero-order chi connectivity index (χ0) is 26.9. The topological polar surface area (TPSA) is 192 Å². The van der Waals surface area contributed by atoms with Gasteiger partial charge in [0.1, 0.15) is 36.3 Å². The second kappa shape index (κ2) is 11.0. The summed E-state index contributed by atoms with van der Waals surface area (Å²) in [7, 11) is 0. The van der Waals surface area contributed by atoms with Crippen LogP contribution < -0.4 is 0 Å². The zero-order valence-corrected chi connectivity index (χ0v) is 19.5. The number of ether oxygens (including phenoxy) is 4. The third-order valence-electron chi connectivity index (χ3n) is 6.69. The molecule has 0 aromatic heterocycles. The van der Waals surface area contributed by atoms with E-state index in [0.717, 1.165) is 6.26 Å². The molecule has 1 aromatic rings. The van der Waals surface area contributed by atoms with Gasteiger partial charge in [-0.3, -0.25) is 0 Å². The van der Waals surface area contributed by atoms with E-state index in [4.69, 9.17) is 18.9 Å².